The molecule has 0 aliphatic heterocycles. The monoisotopic (exact) mass is 1430 g/mol. The molecule has 9 N–H and O–H groups in total. The van der Waals surface area contributed by atoms with E-state index in [1.807, 2.05) is 62.3 Å². The first-order valence-corrected chi connectivity index (χ1v) is 31.8. The molecular formula is C66H60Cl6F3N15O6. The number of fused-ring (bicyclic) bond motifs is 3. The molecule has 0 spiro atoms. The maximum absolute atomic E-state index is 15.3. The van der Waals surface area contributed by atoms with Crippen molar-refractivity contribution in [3.05, 3.63) is 224 Å². The summed E-state index contributed by atoms with van der Waals surface area (Å²) >= 11 is 37.9. The van der Waals surface area contributed by atoms with E-state index in [1.165, 1.54) is 73.2 Å². The van der Waals surface area contributed by atoms with E-state index >= 15 is 13.2 Å². The number of ether oxygens (including phenoxy) is 3. The van der Waals surface area contributed by atoms with Crippen LogP contribution in [0.25, 0.3) is 49.9 Å². The first kappa shape index (κ1) is 69.5. The van der Waals surface area contributed by atoms with Crippen molar-refractivity contribution in [2.75, 3.05) is 17.2 Å². The topological polar surface area (TPSA) is 295 Å². The van der Waals surface area contributed by atoms with Crippen molar-refractivity contribution in [2.45, 2.75) is 98.4 Å². The van der Waals surface area contributed by atoms with Crippen molar-refractivity contribution in [1.82, 2.24) is 58.1 Å². The third kappa shape index (κ3) is 13.9. The van der Waals surface area contributed by atoms with Crippen molar-refractivity contribution in [2.24, 2.45) is 0 Å². The summed E-state index contributed by atoms with van der Waals surface area (Å²) in [6.45, 7) is 16.7. The number of hydrogen-bond donors (Lipinski definition) is 6. The lowest BCUT2D eigenvalue weighted by atomic mass is 9.93. The Morgan fingerprint density at radius 2 is 0.667 bits per heavy atom. The number of imidazole rings is 3. The minimum absolute atomic E-state index is 0.0858. The molecule has 12 aromatic rings. The number of rotatable bonds is 15. The van der Waals surface area contributed by atoms with Crippen molar-refractivity contribution in [1.29, 1.82) is 0 Å². The highest BCUT2D eigenvalue weighted by Crippen LogP contribution is 2.48. The Labute approximate surface area is 575 Å². The summed E-state index contributed by atoms with van der Waals surface area (Å²) in [4.78, 5) is 67.9. The first-order valence-electron chi connectivity index (χ1n) is 29.5. The van der Waals surface area contributed by atoms with Gasteiger partial charge in [-0.1, -0.05) is 90.4 Å². The molecule has 1 unspecified atom stereocenters. The second kappa shape index (κ2) is 28.6. The number of nitrogen functional groups attached to an aromatic ring is 3. The van der Waals surface area contributed by atoms with Gasteiger partial charge in [-0.25, -0.2) is 43.1 Å². The number of anilines is 3. The van der Waals surface area contributed by atoms with Gasteiger partial charge in [0.25, 0.3) is 0 Å². The van der Waals surface area contributed by atoms with Crippen LogP contribution in [0.4, 0.5) is 30.6 Å². The number of halogens is 9. The number of nitrogens with zero attached hydrogens (tertiary/aromatic N) is 9. The zero-order chi connectivity index (χ0) is 69.5. The summed E-state index contributed by atoms with van der Waals surface area (Å²) in [6, 6.07) is 13.1. The van der Waals surface area contributed by atoms with Gasteiger partial charge in [0.2, 0.25) is 16.7 Å². The number of hydrogen-bond acceptors (Lipinski definition) is 15. The van der Waals surface area contributed by atoms with Crippen LogP contribution in [-0.2, 0) is 0 Å². The van der Waals surface area contributed by atoms with Gasteiger partial charge in [-0.15, -0.1) is 0 Å². The highest BCUT2D eigenvalue weighted by molar-refractivity contribution is 6.34. The SMILES string of the molecule is CC(C)Oc1c(C(C)c2nc(Cl)c3c(N)nccn23)cc(Cl)c(F)c1-c1ccc(=O)[nH]c1.CC(C)Oc1c([C@@H](C)c2nc(Cl)c3c(N)nccn23)cc(Cl)c(F)c1-c1ccc(=O)[nH]c1.CC(C)Oc1c([C@H](C)c2nc(Cl)c3c(N)nccn23)cc(Cl)c(F)c1-c1ccc(=O)[nH]c1. The van der Waals surface area contributed by atoms with Crippen LogP contribution in [0.15, 0.2) is 125 Å². The number of benzene rings is 3. The predicted molar refractivity (Wildman–Crippen MR) is 369 cm³/mol. The molecule has 30 heteroatoms. The van der Waals surface area contributed by atoms with Gasteiger partial charge in [0, 0.05) is 125 Å². The summed E-state index contributed by atoms with van der Waals surface area (Å²) in [5.74, 6) is 0.131. The lowest BCUT2D eigenvalue weighted by Gasteiger charge is -2.23. The maximum atomic E-state index is 15.3. The average Bonchev–Trinajstić information content (AvgIpc) is 1.33. The Morgan fingerprint density at radius 1 is 0.417 bits per heavy atom. The van der Waals surface area contributed by atoms with E-state index in [0.717, 1.165) is 0 Å². The zero-order valence-corrected chi connectivity index (χ0v) is 57.0. The van der Waals surface area contributed by atoms with Gasteiger partial charge in [0.05, 0.1) is 50.1 Å². The van der Waals surface area contributed by atoms with Gasteiger partial charge in [0.15, 0.2) is 50.4 Å². The molecule has 12 rings (SSSR count). The predicted octanol–water partition coefficient (Wildman–Crippen LogP) is 15.2. The maximum Gasteiger partial charge on any atom is 0.247 e. The van der Waals surface area contributed by atoms with E-state index < -0.39 is 35.2 Å². The highest BCUT2D eigenvalue weighted by atomic mass is 35.5. The molecule has 0 saturated heterocycles. The largest absolute Gasteiger partial charge is 0.490 e. The normalized spacial score (nSPS) is 12.5. The lowest BCUT2D eigenvalue weighted by molar-refractivity contribution is 0.239. The Morgan fingerprint density at radius 3 is 0.885 bits per heavy atom. The molecule has 3 atom stereocenters. The highest BCUT2D eigenvalue weighted by Gasteiger charge is 2.32. The van der Waals surface area contributed by atoms with Gasteiger partial charge in [0.1, 0.15) is 51.3 Å². The van der Waals surface area contributed by atoms with Crippen LogP contribution in [0.3, 0.4) is 0 Å². The van der Waals surface area contributed by atoms with Crippen LogP contribution < -0.4 is 48.1 Å². The second-order valence-electron chi connectivity index (χ2n) is 22.8. The lowest BCUT2D eigenvalue weighted by Crippen LogP contribution is -2.13. The van der Waals surface area contributed by atoms with Crippen LogP contribution in [0.1, 0.15) is 114 Å². The van der Waals surface area contributed by atoms with E-state index in [-0.39, 0.29) is 99.7 Å². The minimum atomic E-state index is -0.648. The Balaban J connectivity index is 0.000000157. The molecule has 0 radical (unpaired) electrons. The molecule has 0 amide bonds. The zero-order valence-electron chi connectivity index (χ0n) is 52.5. The molecule has 0 aliphatic carbocycles. The summed E-state index contributed by atoms with van der Waals surface area (Å²) in [6.07, 6.45) is 13.2. The van der Waals surface area contributed by atoms with Crippen molar-refractivity contribution < 1.29 is 27.4 Å². The first-order chi connectivity index (χ1) is 45.6. The smallest absolute Gasteiger partial charge is 0.247 e. The van der Waals surface area contributed by atoms with Crippen LogP contribution in [0.5, 0.6) is 17.2 Å². The molecule has 0 aliphatic rings. The molecule has 498 valence electrons. The molecule has 0 fully saturated rings. The summed E-state index contributed by atoms with van der Waals surface area (Å²) in [5, 5.41) is 0.361. The molecule has 3 aromatic carbocycles. The van der Waals surface area contributed by atoms with Crippen LogP contribution >= 0.6 is 69.6 Å². The number of aromatic amines is 3. The average molecular weight is 1430 g/mol. The molecule has 96 heavy (non-hydrogen) atoms. The fourth-order valence-electron chi connectivity index (χ4n) is 10.9. The number of nitrogens with one attached hydrogen (secondary N) is 3. The summed E-state index contributed by atoms with van der Waals surface area (Å²) in [7, 11) is 0. The molecule has 9 heterocycles. The fourth-order valence-corrected chi connectivity index (χ4v) is 12.3. The third-order valence-electron chi connectivity index (χ3n) is 15.1. The van der Waals surface area contributed by atoms with E-state index in [9.17, 15) is 14.4 Å². The summed E-state index contributed by atoms with van der Waals surface area (Å²) in [5.41, 5.74) is 22.0. The van der Waals surface area contributed by atoms with E-state index in [4.69, 9.17) is 101 Å². The quantitative estimate of drug-likeness (QED) is 0.0556. The number of pyridine rings is 3. The van der Waals surface area contributed by atoms with Gasteiger partial charge in [-0.05, 0) is 77.9 Å². The standard InChI is InChI=1S/3C22H20Cl2FN5O2/c3*1-10(2)32-19-13(8-14(23)17(25)16(19)12-4-5-15(31)28-9-12)11(3)22-29-20(24)18-21(26)27-6-7-30(18)22/h3*4-11H,1-3H3,(H2,26,27)(H,28,31)/t2*11-;/m10./s1. The van der Waals surface area contributed by atoms with Crippen molar-refractivity contribution >= 4 is 104 Å². The minimum Gasteiger partial charge on any atom is -0.490 e. The van der Waals surface area contributed by atoms with Crippen LogP contribution in [0, 0.1) is 17.5 Å². The van der Waals surface area contributed by atoms with E-state index in [0.29, 0.717) is 84.7 Å². The van der Waals surface area contributed by atoms with Gasteiger partial charge >= 0.3 is 0 Å². The van der Waals surface area contributed by atoms with Crippen molar-refractivity contribution in [3.63, 3.8) is 0 Å². The molecular weight excluding hydrogens is 1370 g/mol. The Hall–Kier alpha value is -9.30. The van der Waals surface area contributed by atoms with Gasteiger partial charge < -0.3 is 46.4 Å². The number of nitrogens with two attached hydrogens (primary N) is 3. The van der Waals surface area contributed by atoms with Crippen LogP contribution in [-0.4, -0.2) is 76.4 Å². The van der Waals surface area contributed by atoms with Crippen molar-refractivity contribution in [3.8, 4) is 50.6 Å². The van der Waals surface area contributed by atoms with Gasteiger partial charge in [-0.2, -0.15) is 0 Å². The van der Waals surface area contributed by atoms with E-state index in [2.05, 4.69) is 44.9 Å². The molecule has 0 bridgehead atoms. The fraction of sp³-hybridized carbons (Fsp3) is 0.227. The third-order valence-corrected chi connectivity index (χ3v) is 16.8. The summed E-state index contributed by atoms with van der Waals surface area (Å²) < 4.78 is 69.3. The number of aromatic nitrogens is 12. The molecule has 21 nitrogen and oxygen atoms in total. The Bertz CT molecular complexity index is 4590. The molecule has 0 saturated carbocycles. The van der Waals surface area contributed by atoms with Gasteiger partial charge in [-0.3, -0.25) is 27.6 Å². The van der Waals surface area contributed by atoms with Crippen LogP contribution in [0.2, 0.25) is 30.5 Å². The molecule has 9 aromatic heterocycles. The van der Waals surface area contributed by atoms with E-state index in [1.54, 1.807) is 50.4 Å². The Kier molecular flexibility index (Phi) is 20.7. The number of H-pyrrole nitrogens is 3. The second-order valence-corrected chi connectivity index (χ2v) is 25.1.